The van der Waals surface area contributed by atoms with E-state index in [1.807, 2.05) is 19.1 Å². The molecule has 1 aromatic heterocycles. The van der Waals surface area contributed by atoms with Crippen LogP contribution in [0, 0.1) is 12.8 Å². The Balaban J connectivity index is 2.41. The lowest BCUT2D eigenvalue weighted by Gasteiger charge is -2.09. The van der Waals surface area contributed by atoms with Gasteiger partial charge in [-0.15, -0.1) is 0 Å². The molecule has 0 saturated heterocycles. The fourth-order valence-electron chi connectivity index (χ4n) is 1.72. The number of benzene rings is 1. The number of nitrogens with zero attached hydrogens (tertiary/aromatic N) is 1. The maximum atomic E-state index is 6.19. The first kappa shape index (κ1) is 11.4. The zero-order valence-corrected chi connectivity index (χ0v) is 10.2. The third kappa shape index (κ3) is 2.20. The first-order valence-electron chi connectivity index (χ1n) is 5.35. The molecule has 0 aliphatic rings. The van der Waals surface area contributed by atoms with E-state index in [2.05, 4.69) is 11.9 Å². The van der Waals surface area contributed by atoms with Crippen molar-refractivity contribution >= 4 is 22.7 Å². The molecule has 2 rings (SSSR count). The Bertz CT molecular complexity index is 507. The maximum absolute atomic E-state index is 6.19. The molecule has 0 saturated carbocycles. The minimum absolute atomic E-state index is 0.416. The molecule has 0 aliphatic carbocycles. The molecule has 1 aromatic carbocycles. The molecular formula is C12H15ClN2O. The Morgan fingerprint density at radius 2 is 2.25 bits per heavy atom. The average molecular weight is 239 g/mol. The SMILES string of the molecule is Cc1nc2cc(Cl)c(CC(C)CN)cc2o1. The summed E-state index contributed by atoms with van der Waals surface area (Å²) in [5.74, 6) is 1.08. The van der Waals surface area contributed by atoms with E-state index >= 15 is 0 Å². The maximum Gasteiger partial charge on any atom is 0.192 e. The highest BCUT2D eigenvalue weighted by molar-refractivity contribution is 6.32. The van der Waals surface area contributed by atoms with Crippen molar-refractivity contribution in [3.05, 3.63) is 28.6 Å². The molecule has 3 nitrogen and oxygen atoms in total. The van der Waals surface area contributed by atoms with Crippen molar-refractivity contribution in [3.63, 3.8) is 0 Å². The zero-order valence-electron chi connectivity index (χ0n) is 9.46. The Morgan fingerprint density at radius 3 is 2.94 bits per heavy atom. The van der Waals surface area contributed by atoms with Crippen LogP contribution in [0.1, 0.15) is 18.4 Å². The summed E-state index contributed by atoms with van der Waals surface area (Å²) < 4.78 is 5.48. The molecule has 0 fully saturated rings. The minimum atomic E-state index is 0.416. The average Bonchev–Trinajstić information content (AvgIpc) is 2.58. The van der Waals surface area contributed by atoms with E-state index in [0.29, 0.717) is 18.4 Å². The van der Waals surface area contributed by atoms with E-state index in [4.69, 9.17) is 21.8 Å². The summed E-state index contributed by atoms with van der Waals surface area (Å²) in [6.07, 6.45) is 0.866. The van der Waals surface area contributed by atoms with Crippen LogP contribution in [0.25, 0.3) is 11.1 Å². The van der Waals surface area contributed by atoms with Gasteiger partial charge in [0.05, 0.1) is 0 Å². The number of halogens is 1. The second-order valence-corrected chi connectivity index (χ2v) is 4.60. The van der Waals surface area contributed by atoms with Crippen molar-refractivity contribution in [2.75, 3.05) is 6.54 Å². The van der Waals surface area contributed by atoms with Crippen LogP contribution in [0.3, 0.4) is 0 Å². The van der Waals surface area contributed by atoms with Crippen molar-refractivity contribution in [1.82, 2.24) is 4.98 Å². The molecular weight excluding hydrogens is 224 g/mol. The molecule has 0 spiro atoms. The van der Waals surface area contributed by atoms with Crippen LogP contribution in [0.15, 0.2) is 16.5 Å². The molecule has 1 atom stereocenters. The monoisotopic (exact) mass is 238 g/mol. The van der Waals surface area contributed by atoms with E-state index in [-0.39, 0.29) is 0 Å². The highest BCUT2D eigenvalue weighted by Gasteiger charge is 2.10. The zero-order chi connectivity index (χ0) is 11.7. The second-order valence-electron chi connectivity index (χ2n) is 4.19. The van der Waals surface area contributed by atoms with Crippen LogP contribution in [-0.2, 0) is 6.42 Å². The predicted octanol–water partition coefficient (Wildman–Crippen LogP) is 2.93. The van der Waals surface area contributed by atoms with E-state index in [9.17, 15) is 0 Å². The lowest BCUT2D eigenvalue weighted by atomic mass is 10.0. The van der Waals surface area contributed by atoms with Crippen molar-refractivity contribution in [3.8, 4) is 0 Å². The number of aromatic nitrogens is 1. The van der Waals surface area contributed by atoms with Gasteiger partial charge in [-0.1, -0.05) is 18.5 Å². The van der Waals surface area contributed by atoms with Crippen LogP contribution in [0.2, 0.25) is 5.02 Å². The Labute approximate surface area is 99.6 Å². The van der Waals surface area contributed by atoms with Crippen molar-refractivity contribution in [2.45, 2.75) is 20.3 Å². The van der Waals surface area contributed by atoms with Crippen LogP contribution >= 0.6 is 11.6 Å². The van der Waals surface area contributed by atoms with Gasteiger partial charge >= 0.3 is 0 Å². The van der Waals surface area contributed by atoms with Gasteiger partial charge in [0.15, 0.2) is 11.5 Å². The van der Waals surface area contributed by atoms with Crippen LogP contribution in [0.5, 0.6) is 0 Å². The first-order chi connectivity index (χ1) is 7.60. The number of fused-ring (bicyclic) bond motifs is 1. The summed E-state index contributed by atoms with van der Waals surface area (Å²) in [7, 11) is 0. The predicted molar refractivity (Wildman–Crippen MR) is 65.7 cm³/mol. The Morgan fingerprint density at radius 1 is 1.50 bits per heavy atom. The van der Waals surface area contributed by atoms with Gasteiger partial charge in [0.1, 0.15) is 5.52 Å². The molecule has 1 heterocycles. The number of nitrogens with two attached hydrogens (primary N) is 1. The van der Waals surface area contributed by atoms with Gasteiger partial charge in [-0.3, -0.25) is 0 Å². The van der Waals surface area contributed by atoms with Gasteiger partial charge in [0.2, 0.25) is 0 Å². The van der Waals surface area contributed by atoms with Crippen molar-refractivity contribution in [2.24, 2.45) is 11.7 Å². The third-order valence-corrected chi connectivity index (χ3v) is 2.99. The number of rotatable bonds is 3. The molecule has 2 N–H and O–H groups in total. The Hall–Kier alpha value is -1.06. The van der Waals surface area contributed by atoms with Crippen LogP contribution < -0.4 is 5.73 Å². The normalized spacial score (nSPS) is 13.2. The van der Waals surface area contributed by atoms with Crippen molar-refractivity contribution < 1.29 is 4.42 Å². The lowest BCUT2D eigenvalue weighted by molar-refractivity contribution is 0.559. The molecule has 0 bridgehead atoms. The minimum Gasteiger partial charge on any atom is -0.441 e. The van der Waals surface area contributed by atoms with Gasteiger partial charge in [-0.2, -0.15) is 0 Å². The summed E-state index contributed by atoms with van der Waals surface area (Å²) in [5, 5.41) is 0.737. The Kier molecular flexibility index (Phi) is 3.17. The largest absolute Gasteiger partial charge is 0.441 e. The van der Waals surface area contributed by atoms with Gasteiger partial charge < -0.3 is 10.2 Å². The molecule has 0 aliphatic heterocycles. The van der Waals surface area contributed by atoms with Gasteiger partial charge in [0.25, 0.3) is 0 Å². The summed E-state index contributed by atoms with van der Waals surface area (Å²) >= 11 is 6.19. The smallest absolute Gasteiger partial charge is 0.192 e. The fraction of sp³-hybridized carbons (Fsp3) is 0.417. The number of hydrogen-bond acceptors (Lipinski definition) is 3. The van der Waals surface area contributed by atoms with Crippen LogP contribution in [0.4, 0.5) is 0 Å². The van der Waals surface area contributed by atoms with E-state index in [1.54, 1.807) is 0 Å². The summed E-state index contributed by atoms with van der Waals surface area (Å²) in [4.78, 5) is 4.24. The molecule has 2 aromatic rings. The standard InChI is InChI=1S/C12H15ClN2O/c1-7(6-14)3-9-4-12-11(5-10(9)13)15-8(2)16-12/h4-5,7H,3,6,14H2,1-2H3. The fourth-order valence-corrected chi connectivity index (χ4v) is 1.96. The molecule has 1 unspecified atom stereocenters. The van der Waals surface area contributed by atoms with Gasteiger partial charge in [-0.05, 0) is 36.6 Å². The molecule has 0 radical (unpaired) electrons. The summed E-state index contributed by atoms with van der Waals surface area (Å²) in [6.45, 7) is 4.59. The van der Waals surface area contributed by atoms with Crippen molar-refractivity contribution in [1.29, 1.82) is 0 Å². The lowest BCUT2D eigenvalue weighted by Crippen LogP contribution is -2.13. The molecule has 0 amide bonds. The van der Waals surface area contributed by atoms with E-state index in [1.165, 1.54) is 0 Å². The summed E-state index contributed by atoms with van der Waals surface area (Å²) in [5.41, 5.74) is 8.28. The third-order valence-electron chi connectivity index (χ3n) is 2.63. The topological polar surface area (TPSA) is 52.0 Å². The quantitative estimate of drug-likeness (QED) is 0.895. The number of oxazole rings is 1. The van der Waals surface area contributed by atoms with E-state index < -0.39 is 0 Å². The summed E-state index contributed by atoms with van der Waals surface area (Å²) in [6, 6.07) is 3.82. The number of aryl methyl sites for hydroxylation is 1. The van der Waals surface area contributed by atoms with E-state index in [0.717, 1.165) is 28.1 Å². The molecule has 86 valence electrons. The van der Waals surface area contributed by atoms with Gasteiger partial charge in [-0.25, -0.2) is 4.98 Å². The number of hydrogen-bond donors (Lipinski definition) is 1. The molecule has 16 heavy (non-hydrogen) atoms. The van der Waals surface area contributed by atoms with Gasteiger partial charge in [0, 0.05) is 11.9 Å². The second kappa shape index (κ2) is 4.44. The molecule has 4 heteroatoms. The first-order valence-corrected chi connectivity index (χ1v) is 5.73. The van der Waals surface area contributed by atoms with Crippen LogP contribution in [-0.4, -0.2) is 11.5 Å². The highest BCUT2D eigenvalue weighted by Crippen LogP contribution is 2.26. The highest BCUT2D eigenvalue weighted by atomic mass is 35.5.